The number of aliphatic hydroxyl groups is 1. The number of hydrogen-bond acceptors (Lipinski definition) is 3. The molecule has 6 unspecified atom stereocenters. The molecule has 0 aromatic heterocycles. The number of fused-ring (bicyclic) bond motifs is 2. The van der Waals surface area contributed by atoms with Crippen LogP contribution in [0.4, 0.5) is 26.3 Å². The fraction of sp³-hybridized carbons (Fsp3) is 0.955. The lowest BCUT2D eigenvalue weighted by atomic mass is 9.72. The Bertz CT molecular complexity index is 626. The van der Waals surface area contributed by atoms with Crippen molar-refractivity contribution >= 4 is 5.97 Å². The largest absolute Gasteiger partial charge is 0.462 e. The highest BCUT2D eigenvalue weighted by Crippen LogP contribution is 2.58. The van der Waals surface area contributed by atoms with Gasteiger partial charge in [0.15, 0.2) is 0 Å². The number of hydrogen-bond donors (Lipinski definition) is 1. The zero-order valence-electron chi connectivity index (χ0n) is 17.9. The van der Waals surface area contributed by atoms with Gasteiger partial charge in [-0.25, -0.2) is 0 Å². The topological polar surface area (TPSA) is 46.5 Å². The van der Waals surface area contributed by atoms with E-state index in [4.69, 9.17) is 4.74 Å². The van der Waals surface area contributed by atoms with E-state index < -0.39 is 48.3 Å². The molecular formula is C22H32F6O3. The predicted octanol–water partition coefficient (Wildman–Crippen LogP) is 6.04. The maximum Gasteiger partial charge on any atom is 0.426 e. The minimum absolute atomic E-state index is 0.0702. The molecular weight excluding hydrogens is 426 g/mol. The van der Waals surface area contributed by atoms with Crippen LogP contribution in [-0.2, 0) is 9.53 Å². The molecule has 0 aliphatic heterocycles. The van der Waals surface area contributed by atoms with Crippen LogP contribution in [0, 0.1) is 35.5 Å². The van der Waals surface area contributed by atoms with Crippen molar-refractivity contribution in [3.05, 3.63) is 0 Å². The molecule has 0 amide bonds. The summed E-state index contributed by atoms with van der Waals surface area (Å²) in [5.41, 5.74) is -4.90. The highest BCUT2D eigenvalue weighted by molar-refractivity contribution is 5.74. The summed E-state index contributed by atoms with van der Waals surface area (Å²) in [5, 5.41) is 9.70. The maximum atomic E-state index is 13.3. The normalized spacial score (nSPS) is 33.1. The fourth-order valence-corrected chi connectivity index (χ4v) is 6.67. The first kappa shape index (κ1) is 24.6. The molecule has 3 aliphatic rings. The van der Waals surface area contributed by atoms with Crippen molar-refractivity contribution in [3.63, 3.8) is 0 Å². The maximum absolute atomic E-state index is 13.3. The zero-order valence-corrected chi connectivity index (χ0v) is 17.9. The van der Waals surface area contributed by atoms with Gasteiger partial charge in [-0.15, -0.1) is 0 Å². The van der Waals surface area contributed by atoms with Gasteiger partial charge in [-0.2, -0.15) is 26.3 Å². The van der Waals surface area contributed by atoms with E-state index in [-0.39, 0.29) is 5.92 Å². The average molecular weight is 458 g/mol. The molecule has 0 aromatic rings. The molecule has 180 valence electrons. The summed E-state index contributed by atoms with van der Waals surface area (Å²) in [4.78, 5) is 13.0. The van der Waals surface area contributed by atoms with Crippen LogP contribution < -0.4 is 0 Å². The predicted molar refractivity (Wildman–Crippen MR) is 101 cm³/mol. The first-order valence-corrected chi connectivity index (χ1v) is 11.4. The lowest BCUT2D eigenvalue weighted by molar-refractivity contribution is -0.375. The fourth-order valence-electron chi connectivity index (χ4n) is 6.67. The highest BCUT2D eigenvalue weighted by atomic mass is 19.4. The van der Waals surface area contributed by atoms with E-state index in [1.165, 1.54) is 0 Å². The van der Waals surface area contributed by atoms with Gasteiger partial charge in [-0.05, 0) is 55.3 Å². The molecule has 1 N–H and O–H groups in total. The first-order chi connectivity index (χ1) is 14.3. The molecule has 0 radical (unpaired) electrons. The second-order valence-electron chi connectivity index (χ2n) is 9.73. The summed E-state index contributed by atoms with van der Waals surface area (Å²) in [5.74, 6) is -0.524. The molecule has 0 heterocycles. The van der Waals surface area contributed by atoms with Crippen LogP contribution >= 0.6 is 0 Å². The van der Waals surface area contributed by atoms with E-state index in [1.54, 1.807) is 0 Å². The number of rotatable bonds is 7. The van der Waals surface area contributed by atoms with E-state index in [2.05, 4.69) is 6.92 Å². The van der Waals surface area contributed by atoms with Gasteiger partial charge in [0.05, 0.1) is 5.92 Å². The molecule has 0 saturated heterocycles. The van der Waals surface area contributed by atoms with Gasteiger partial charge in [-0.3, -0.25) is 4.79 Å². The summed E-state index contributed by atoms with van der Waals surface area (Å²) in [6.07, 6.45) is -9.74. The standard InChI is InChI=1S/C22H32F6O3/c1-3-14-13-9-16(15(14)4-2)17(10-13)19(29)31-18(12-7-5-6-8-12)11-20(30,21(23,24)25)22(26,27)28/h12-18,30H,3-11H2,1-2H3. The van der Waals surface area contributed by atoms with Crippen LogP contribution in [0.15, 0.2) is 0 Å². The summed E-state index contributed by atoms with van der Waals surface area (Å²) in [6, 6.07) is 0. The van der Waals surface area contributed by atoms with Crippen LogP contribution in [0.2, 0.25) is 0 Å². The van der Waals surface area contributed by atoms with Crippen molar-refractivity contribution < 1.29 is 41.0 Å². The number of ether oxygens (including phenoxy) is 1. The average Bonchev–Trinajstić information content (AvgIpc) is 3.40. The molecule has 0 spiro atoms. The third-order valence-corrected chi connectivity index (χ3v) is 8.23. The third-order valence-electron chi connectivity index (χ3n) is 8.23. The van der Waals surface area contributed by atoms with E-state index in [9.17, 15) is 36.2 Å². The van der Waals surface area contributed by atoms with Crippen molar-refractivity contribution in [2.45, 2.75) is 95.7 Å². The van der Waals surface area contributed by atoms with Gasteiger partial charge in [0, 0.05) is 6.42 Å². The Hall–Kier alpha value is -0.990. The minimum atomic E-state index is -5.91. The first-order valence-electron chi connectivity index (χ1n) is 11.4. The van der Waals surface area contributed by atoms with Gasteiger partial charge in [0.2, 0.25) is 0 Å². The zero-order chi connectivity index (χ0) is 23.2. The second kappa shape index (κ2) is 8.75. The second-order valence-corrected chi connectivity index (χ2v) is 9.73. The van der Waals surface area contributed by atoms with Crippen LogP contribution in [0.3, 0.4) is 0 Å². The van der Waals surface area contributed by atoms with E-state index >= 15 is 0 Å². The quantitative estimate of drug-likeness (QED) is 0.374. The Morgan fingerprint density at radius 2 is 1.52 bits per heavy atom. The Morgan fingerprint density at radius 3 is 2.00 bits per heavy atom. The van der Waals surface area contributed by atoms with Gasteiger partial charge >= 0.3 is 18.3 Å². The summed E-state index contributed by atoms with van der Waals surface area (Å²) in [6.45, 7) is 4.15. The van der Waals surface area contributed by atoms with Crippen LogP contribution in [0.25, 0.3) is 0 Å². The Balaban J connectivity index is 1.79. The molecule has 3 aliphatic carbocycles. The van der Waals surface area contributed by atoms with E-state index in [0.717, 1.165) is 19.3 Å². The van der Waals surface area contributed by atoms with Crippen LogP contribution in [0.5, 0.6) is 0 Å². The lowest BCUT2D eigenvalue weighted by Crippen LogP contribution is -2.59. The van der Waals surface area contributed by atoms with Crippen molar-refractivity contribution in [2.24, 2.45) is 35.5 Å². The van der Waals surface area contributed by atoms with Gasteiger partial charge < -0.3 is 9.84 Å². The molecule has 0 aromatic carbocycles. The van der Waals surface area contributed by atoms with Gasteiger partial charge in [-0.1, -0.05) is 39.5 Å². The molecule has 3 nitrogen and oxygen atoms in total. The molecule has 6 atom stereocenters. The summed E-state index contributed by atoms with van der Waals surface area (Å²) in [7, 11) is 0. The third kappa shape index (κ3) is 4.44. The Kier molecular flexibility index (Phi) is 6.95. The van der Waals surface area contributed by atoms with Crippen LogP contribution in [0.1, 0.15) is 71.6 Å². The number of halogens is 6. The Labute approximate surface area is 178 Å². The molecule has 3 saturated carbocycles. The smallest absolute Gasteiger partial charge is 0.426 e. The Morgan fingerprint density at radius 1 is 0.968 bits per heavy atom. The SMILES string of the molecule is CCC1C2CC(C(=O)OC(CC(O)(C(F)(F)F)C(F)(F)F)C3CCCC3)C(C2)C1CC. The van der Waals surface area contributed by atoms with Crippen molar-refractivity contribution in [1.29, 1.82) is 0 Å². The number of carbonyl (C=O) groups excluding carboxylic acids is 1. The molecule has 3 rings (SSSR count). The summed E-state index contributed by atoms with van der Waals surface area (Å²) >= 11 is 0. The van der Waals surface area contributed by atoms with Crippen molar-refractivity contribution in [3.8, 4) is 0 Å². The van der Waals surface area contributed by atoms with E-state index in [1.807, 2.05) is 6.92 Å². The van der Waals surface area contributed by atoms with E-state index in [0.29, 0.717) is 49.9 Å². The molecule has 3 fully saturated rings. The minimum Gasteiger partial charge on any atom is -0.462 e. The lowest BCUT2D eigenvalue weighted by Gasteiger charge is -2.38. The van der Waals surface area contributed by atoms with Crippen molar-refractivity contribution in [1.82, 2.24) is 0 Å². The molecule has 2 bridgehead atoms. The van der Waals surface area contributed by atoms with Gasteiger partial charge in [0.1, 0.15) is 6.10 Å². The number of alkyl halides is 6. The number of carbonyl (C=O) groups is 1. The monoisotopic (exact) mass is 458 g/mol. The summed E-state index contributed by atoms with van der Waals surface area (Å²) < 4.78 is 85.1. The van der Waals surface area contributed by atoms with Crippen molar-refractivity contribution in [2.75, 3.05) is 0 Å². The van der Waals surface area contributed by atoms with Crippen LogP contribution in [-0.4, -0.2) is 35.1 Å². The number of esters is 1. The van der Waals surface area contributed by atoms with Gasteiger partial charge in [0.25, 0.3) is 5.60 Å². The molecule has 9 heteroatoms. The molecule has 31 heavy (non-hydrogen) atoms. The highest BCUT2D eigenvalue weighted by Gasteiger charge is 2.71.